The predicted molar refractivity (Wildman–Crippen MR) is 83.2 cm³/mol. The summed E-state index contributed by atoms with van der Waals surface area (Å²) in [5, 5.41) is 5.11. The van der Waals surface area contributed by atoms with E-state index in [2.05, 4.69) is 28.1 Å². The number of carbonyl (C=O) groups excluding carboxylic acids is 1. The van der Waals surface area contributed by atoms with Gasteiger partial charge in [-0.15, -0.1) is 11.3 Å². The molecule has 0 spiro atoms. The molecule has 1 saturated carbocycles. The maximum absolute atomic E-state index is 11.5. The molecule has 2 atom stereocenters. The Balaban J connectivity index is 2.01. The number of amides is 2. The Labute approximate surface area is 127 Å². The van der Waals surface area contributed by atoms with Crippen molar-refractivity contribution in [3.8, 4) is 0 Å². The number of urea groups is 1. The van der Waals surface area contributed by atoms with E-state index in [0.717, 1.165) is 25.0 Å². The maximum Gasteiger partial charge on any atom is 0.327 e. The lowest BCUT2D eigenvalue weighted by Gasteiger charge is -2.22. The fourth-order valence-corrected chi connectivity index (χ4v) is 3.45. The van der Waals surface area contributed by atoms with E-state index in [1.165, 1.54) is 15.6 Å². The van der Waals surface area contributed by atoms with Gasteiger partial charge in [0.05, 0.1) is 5.69 Å². The second-order valence-electron chi connectivity index (χ2n) is 4.66. The molecule has 7 nitrogen and oxygen atoms in total. The third-order valence-electron chi connectivity index (χ3n) is 3.33. The molecule has 1 aliphatic carbocycles. The predicted octanol–water partition coefficient (Wildman–Crippen LogP) is 1.17. The van der Waals surface area contributed by atoms with E-state index in [0.29, 0.717) is 11.0 Å². The first-order valence-electron chi connectivity index (χ1n) is 6.26. The second kappa shape index (κ2) is 6.31. The normalized spacial score (nSPS) is 21.5. The number of hydrogen-bond acceptors (Lipinski definition) is 5. The van der Waals surface area contributed by atoms with Crippen LogP contribution in [-0.2, 0) is 0 Å². The minimum absolute atomic E-state index is 0.0105. The lowest BCUT2D eigenvalue weighted by molar-refractivity contribution is 0.219. The minimum atomic E-state index is -0.182. The number of aliphatic imine (C=N–C) groups is 1. The zero-order valence-electron chi connectivity index (χ0n) is 11.1. The highest BCUT2D eigenvalue weighted by molar-refractivity contribution is 7.78. The fraction of sp³-hybridized carbons (Fsp3) is 0.545. The van der Waals surface area contributed by atoms with Crippen LogP contribution in [0.4, 0.5) is 9.93 Å². The molecule has 2 unspecified atom stereocenters. The highest BCUT2D eigenvalue weighted by atomic mass is 32.1. The highest BCUT2D eigenvalue weighted by Gasteiger charge is 2.32. The maximum atomic E-state index is 11.5. The molecule has 110 valence electrons. The first-order chi connectivity index (χ1) is 9.51. The van der Waals surface area contributed by atoms with Crippen LogP contribution in [0.5, 0.6) is 0 Å². The van der Waals surface area contributed by atoms with Crippen LogP contribution < -0.4 is 16.8 Å². The summed E-state index contributed by atoms with van der Waals surface area (Å²) in [7, 11) is 1.60. The lowest BCUT2D eigenvalue weighted by Crippen LogP contribution is -2.37. The zero-order valence-corrected chi connectivity index (χ0v) is 12.8. The van der Waals surface area contributed by atoms with Crippen molar-refractivity contribution in [2.24, 2.45) is 16.5 Å². The Morgan fingerprint density at radius 3 is 3.00 bits per heavy atom. The van der Waals surface area contributed by atoms with Crippen molar-refractivity contribution in [1.82, 2.24) is 14.6 Å². The molecule has 0 bridgehead atoms. The molecule has 20 heavy (non-hydrogen) atoms. The number of carbonyl (C=O) groups is 1. The Morgan fingerprint density at radius 1 is 1.60 bits per heavy atom. The van der Waals surface area contributed by atoms with Crippen LogP contribution >= 0.6 is 24.2 Å². The number of guanidine groups is 1. The van der Waals surface area contributed by atoms with Crippen molar-refractivity contribution in [3.05, 3.63) is 11.1 Å². The van der Waals surface area contributed by atoms with Gasteiger partial charge in [0.15, 0.2) is 5.96 Å². The largest absolute Gasteiger partial charge is 0.370 e. The Kier molecular flexibility index (Phi) is 4.71. The summed E-state index contributed by atoms with van der Waals surface area (Å²) in [4.78, 5) is 19.9. The number of aromatic nitrogens is 1. The van der Waals surface area contributed by atoms with Gasteiger partial charge in [-0.25, -0.2) is 9.78 Å². The summed E-state index contributed by atoms with van der Waals surface area (Å²) in [5.41, 5.74) is 11.6. The zero-order chi connectivity index (χ0) is 14.7. The van der Waals surface area contributed by atoms with Crippen molar-refractivity contribution in [2.75, 3.05) is 7.05 Å². The average molecular weight is 314 g/mol. The summed E-state index contributed by atoms with van der Waals surface area (Å²) in [6, 6.07) is -0.0602. The highest BCUT2D eigenvalue weighted by Crippen LogP contribution is 2.38. The molecule has 5 N–H and O–H groups in total. The summed E-state index contributed by atoms with van der Waals surface area (Å²) in [5.74, 6) is 0.329. The summed E-state index contributed by atoms with van der Waals surface area (Å²) in [6.45, 7) is 0. The van der Waals surface area contributed by atoms with E-state index in [4.69, 9.17) is 11.5 Å². The van der Waals surface area contributed by atoms with Crippen LogP contribution in [0, 0.1) is 0 Å². The van der Waals surface area contributed by atoms with E-state index in [-0.39, 0.29) is 18.0 Å². The van der Waals surface area contributed by atoms with Crippen LogP contribution in [0.1, 0.15) is 30.9 Å². The molecule has 9 heteroatoms. The second-order valence-corrected chi connectivity index (χ2v) is 5.92. The number of rotatable bonds is 3. The molecule has 1 aromatic rings. The van der Waals surface area contributed by atoms with Crippen molar-refractivity contribution in [3.63, 3.8) is 0 Å². The van der Waals surface area contributed by atoms with Gasteiger partial charge in [0, 0.05) is 24.4 Å². The average Bonchev–Trinajstić information content (AvgIpc) is 3.04. The van der Waals surface area contributed by atoms with Gasteiger partial charge < -0.3 is 16.8 Å². The molecule has 0 radical (unpaired) electrons. The van der Waals surface area contributed by atoms with E-state index < -0.39 is 0 Å². The Bertz CT molecular complexity index is 513. The summed E-state index contributed by atoms with van der Waals surface area (Å²) in [6.07, 6.45) is 2.74. The molecular formula is C11H18N6OS2. The van der Waals surface area contributed by atoms with Crippen molar-refractivity contribution in [2.45, 2.75) is 31.2 Å². The number of hydrogen-bond donors (Lipinski definition) is 4. The first-order valence-corrected chi connectivity index (χ1v) is 7.54. The first kappa shape index (κ1) is 14.9. The molecule has 2 rings (SSSR count). The smallest absolute Gasteiger partial charge is 0.327 e. The van der Waals surface area contributed by atoms with E-state index in [1.54, 1.807) is 7.05 Å². The molecular weight excluding hydrogens is 296 g/mol. The molecule has 1 aliphatic rings. The number of nitrogens with two attached hydrogens (primary N) is 2. The van der Waals surface area contributed by atoms with Crippen LogP contribution in [0.15, 0.2) is 10.4 Å². The number of nitrogens with one attached hydrogen (secondary N) is 1. The van der Waals surface area contributed by atoms with Gasteiger partial charge in [0.25, 0.3) is 0 Å². The molecule has 1 heterocycles. The fourth-order valence-electron chi connectivity index (χ4n) is 2.35. The van der Waals surface area contributed by atoms with Crippen LogP contribution in [0.2, 0.25) is 0 Å². The third kappa shape index (κ3) is 3.34. The van der Waals surface area contributed by atoms with Crippen molar-refractivity contribution in [1.29, 1.82) is 0 Å². The lowest BCUT2D eigenvalue weighted by atomic mass is 10.1. The summed E-state index contributed by atoms with van der Waals surface area (Å²) < 4.78 is 1.46. The molecule has 0 aliphatic heterocycles. The molecule has 0 saturated heterocycles. The van der Waals surface area contributed by atoms with Gasteiger partial charge in [-0.05, 0) is 19.3 Å². The van der Waals surface area contributed by atoms with Crippen molar-refractivity contribution < 1.29 is 4.79 Å². The quantitative estimate of drug-likeness (QED) is 0.381. The molecule has 1 fully saturated rings. The van der Waals surface area contributed by atoms with Gasteiger partial charge in [0.2, 0.25) is 5.13 Å². The minimum Gasteiger partial charge on any atom is -0.370 e. The van der Waals surface area contributed by atoms with Gasteiger partial charge >= 0.3 is 6.03 Å². The summed E-state index contributed by atoms with van der Waals surface area (Å²) >= 11 is 5.67. The standard InChI is InChI=1S/C11H18N6OS2/c1-14-11(18)17(19)7-3-2-6(4-7)8-5-20-10(15-8)16-9(12)13/h5-7,19H,2-4H2,1H3,(H,14,18)(H4,12,13,15,16). The van der Waals surface area contributed by atoms with Crippen LogP contribution in [0.25, 0.3) is 0 Å². The third-order valence-corrected chi connectivity index (χ3v) is 4.59. The molecule has 2 amide bonds. The molecule has 1 aromatic heterocycles. The van der Waals surface area contributed by atoms with E-state index in [1.807, 2.05) is 5.38 Å². The monoisotopic (exact) mass is 314 g/mol. The van der Waals surface area contributed by atoms with Crippen molar-refractivity contribution >= 4 is 41.3 Å². The molecule has 0 aromatic carbocycles. The van der Waals surface area contributed by atoms with Crippen LogP contribution in [0.3, 0.4) is 0 Å². The number of nitrogens with zero attached hydrogens (tertiary/aromatic N) is 3. The number of thiol groups is 1. The van der Waals surface area contributed by atoms with E-state index in [9.17, 15) is 4.79 Å². The number of thiazole rings is 1. The Hall–Kier alpha value is -1.48. The van der Waals surface area contributed by atoms with Crippen LogP contribution in [-0.4, -0.2) is 34.4 Å². The van der Waals surface area contributed by atoms with Gasteiger partial charge in [-0.3, -0.25) is 4.31 Å². The van der Waals surface area contributed by atoms with E-state index >= 15 is 0 Å². The van der Waals surface area contributed by atoms with Gasteiger partial charge in [-0.2, -0.15) is 4.99 Å². The van der Waals surface area contributed by atoms with Gasteiger partial charge in [-0.1, -0.05) is 12.8 Å². The Morgan fingerprint density at radius 2 is 2.35 bits per heavy atom. The van der Waals surface area contributed by atoms with Gasteiger partial charge in [0.1, 0.15) is 0 Å². The topological polar surface area (TPSA) is 110 Å². The SMILES string of the molecule is CNC(=O)N(S)C1CCC(c2csc(N=C(N)N)n2)C1.